The number of hydrogen-bond acceptors (Lipinski definition) is 5. The smallest absolute Gasteiger partial charge is 0.255 e. The zero-order valence-electron chi connectivity index (χ0n) is 17.3. The number of fused-ring (bicyclic) bond motifs is 1. The molecule has 7 nitrogen and oxygen atoms in total. The molecule has 3 aliphatic rings. The number of carbonyl (C=O) groups is 3. The molecule has 2 fully saturated rings. The molecule has 3 heterocycles. The first-order chi connectivity index (χ1) is 15.1. The highest BCUT2D eigenvalue weighted by Gasteiger charge is 2.39. The molecule has 0 aliphatic carbocycles. The lowest BCUT2D eigenvalue weighted by atomic mass is 10.0. The maximum atomic E-state index is 12.9. The Labute approximate surface area is 181 Å². The lowest BCUT2D eigenvalue weighted by Crippen LogP contribution is -2.52. The third-order valence-corrected chi connectivity index (χ3v) is 6.51. The van der Waals surface area contributed by atoms with E-state index in [1.54, 1.807) is 4.90 Å². The van der Waals surface area contributed by atoms with Crippen molar-refractivity contribution >= 4 is 17.7 Å². The summed E-state index contributed by atoms with van der Waals surface area (Å²) in [4.78, 5) is 40.7. The van der Waals surface area contributed by atoms with Gasteiger partial charge in [-0.2, -0.15) is 0 Å². The van der Waals surface area contributed by atoms with Crippen LogP contribution in [-0.2, 0) is 22.7 Å². The molecule has 0 spiro atoms. The molecule has 31 heavy (non-hydrogen) atoms. The predicted molar refractivity (Wildman–Crippen MR) is 115 cm³/mol. The Morgan fingerprint density at radius 3 is 2.65 bits per heavy atom. The van der Waals surface area contributed by atoms with Crippen molar-refractivity contribution in [3.05, 3.63) is 70.8 Å². The van der Waals surface area contributed by atoms with Gasteiger partial charge in [0, 0.05) is 50.7 Å². The Morgan fingerprint density at radius 1 is 1.00 bits per heavy atom. The van der Waals surface area contributed by atoms with Gasteiger partial charge in [0.1, 0.15) is 6.04 Å². The maximum Gasteiger partial charge on any atom is 0.255 e. The molecule has 7 heteroatoms. The summed E-state index contributed by atoms with van der Waals surface area (Å²) in [7, 11) is 0. The Morgan fingerprint density at radius 2 is 1.84 bits per heavy atom. The van der Waals surface area contributed by atoms with Gasteiger partial charge in [-0.25, -0.2) is 0 Å². The summed E-state index contributed by atoms with van der Waals surface area (Å²) in [5.41, 5.74) is 4.08. The second-order valence-corrected chi connectivity index (χ2v) is 8.49. The minimum Gasteiger partial charge on any atom is -0.322 e. The van der Waals surface area contributed by atoms with E-state index in [2.05, 4.69) is 45.9 Å². The standard InChI is InChI=1S/C24H26N4O3/c29-22-9-8-20(23(30)26-22)28-15-18-12-16(6-7-19(18)24(28)31)14-27-11-10-25-13-21(27)17-4-2-1-3-5-17/h1-7,12,20-21,25H,8-11,13-15H2,(H,26,29,30). The van der Waals surface area contributed by atoms with Gasteiger partial charge in [0.25, 0.3) is 5.91 Å². The summed E-state index contributed by atoms with van der Waals surface area (Å²) < 4.78 is 0. The van der Waals surface area contributed by atoms with Crippen LogP contribution in [0, 0.1) is 0 Å². The fourth-order valence-electron chi connectivity index (χ4n) is 4.90. The summed E-state index contributed by atoms with van der Waals surface area (Å²) in [6.07, 6.45) is 0.655. The minimum absolute atomic E-state index is 0.125. The summed E-state index contributed by atoms with van der Waals surface area (Å²) in [6, 6.07) is 16.3. The highest BCUT2D eigenvalue weighted by molar-refractivity contribution is 6.05. The Kier molecular flexibility index (Phi) is 5.29. The lowest BCUT2D eigenvalue weighted by molar-refractivity contribution is -0.136. The lowest BCUT2D eigenvalue weighted by Gasteiger charge is -2.36. The highest BCUT2D eigenvalue weighted by Crippen LogP contribution is 2.30. The zero-order chi connectivity index (χ0) is 21.4. The molecule has 0 aromatic heterocycles. The molecule has 5 rings (SSSR count). The molecule has 2 aromatic rings. The van der Waals surface area contributed by atoms with Gasteiger partial charge >= 0.3 is 0 Å². The van der Waals surface area contributed by atoms with Crippen molar-refractivity contribution in [2.45, 2.75) is 38.0 Å². The van der Waals surface area contributed by atoms with Crippen molar-refractivity contribution in [1.82, 2.24) is 20.4 Å². The monoisotopic (exact) mass is 418 g/mol. The van der Waals surface area contributed by atoms with Crippen molar-refractivity contribution in [2.24, 2.45) is 0 Å². The Hall–Kier alpha value is -3.03. The average Bonchev–Trinajstić information content (AvgIpc) is 3.10. The number of carbonyl (C=O) groups excluding carboxylic acids is 3. The third kappa shape index (κ3) is 3.86. The van der Waals surface area contributed by atoms with Crippen LogP contribution in [0.4, 0.5) is 0 Å². The van der Waals surface area contributed by atoms with E-state index >= 15 is 0 Å². The predicted octanol–water partition coefficient (Wildman–Crippen LogP) is 1.59. The summed E-state index contributed by atoms with van der Waals surface area (Å²) in [5, 5.41) is 5.85. The molecular weight excluding hydrogens is 392 g/mol. The van der Waals surface area contributed by atoms with E-state index in [9.17, 15) is 14.4 Å². The molecular formula is C24H26N4O3. The fraction of sp³-hybridized carbons (Fsp3) is 0.375. The van der Waals surface area contributed by atoms with E-state index in [1.165, 1.54) is 11.1 Å². The summed E-state index contributed by atoms with van der Waals surface area (Å²) in [6.45, 7) is 4.05. The van der Waals surface area contributed by atoms with Gasteiger partial charge in [-0.15, -0.1) is 0 Å². The van der Waals surface area contributed by atoms with Crippen LogP contribution in [0.1, 0.15) is 45.9 Å². The van der Waals surface area contributed by atoms with Crippen molar-refractivity contribution in [3.8, 4) is 0 Å². The first-order valence-electron chi connectivity index (χ1n) is 10.9. The normalized spacial score (nSPS) is 24.3. The largest absolute Gasteiger partial charge is 0.322 e. The van der Waals surface area contributed by atoms with Gasteiger partial charge in [0.05, 0.1) is 0 Å². The van der Waals surface area contributed by atoms with Crippen molar-refractivity contribution in [2.75, 3.05) is 19.6 Å². The zero-order valence-corrected chi connectivity index (χ0v) is 17.3. The first kappa shape index (κ1) is 19.9. The number of piperazine rings is 1. The SMILES string of the molecule is O=C1CCC(N2Cc3cc(CN4CCNCC4c4ccccc4)ccc3C2=O)C(=O)N1. The number of hydrogen-bond donors (Lipinski definition) is 2. The van der Waals surface area contributed by atoms with Crippen LogP contribution >= 0.6 is 0 Å². The van der Waals surface area contributed by atoms with Gasteiger partial charge in [-0.3, -0.25) is 24.6 Å². The third-order valence-electron chi connectivity index (χ3n) is 6.51. The van der Waals surface area contributed by atoms with Crippen molar-refractivity contribution in [1.29, 1.82) is 0 Å². The number of nitrogens with zero attached hydrogens (tertiary/aromatic N) is 2. The molecule has 2 N–H and O–H groups in total. The molecule has 0 radical (unpaired) electrons. The molecule has 3 amide bonds. The Bertz CT molecular complexity index is 1020. The van der Waals surface area contributed by atoms with E-state index < -0.39 is 6.04 Å². The van der Waals surface area contributed by atoms with Crippen molar-refractivity contribution in [3.63, 3.8) is 0 Å². The van der Waals surface area contributed by atoms with Crippen LogP contribution in [0.25, 0.3) is 0 Å². The molecule has 2 atom stereocenters. The van der Waals surface area contributed by atoms with Gasteiger partial charge in [-0.1, -0.05) is 42.5 Å². The van der Waals surface area contributed by atoms with Gasteiger partial charge < -0.3 is 10.2 Å². The summed E-state index contributed by atoms with van der Waals surface area (Å²) in [5.74, 6) is -0.763. The van der Waals surface area contributed by atoms with Gasteiger partial charge in [0.15, 0.2) is 0 Å². The van der Waals surface area contributed by atoms with Crippen LogP contribution in [0.5, 0.6) is 0 Å². The van der Waals surface area contributed by atoms with E-state index in [0.717, 1.165) is 31.7 Å². The van der Waals surface area contributed by atoms with E-state index in [4.69, 9.17) is 0 Å². The van der Waals surface area contributed by atoms with Crippen molar-refractivity contribution < 1.29 is 14.4 Å². The molecule has 2 saturated heterocycles. The number of nitrogens with one attached hydrogen (secondary N) is 2. The number of benzene rings is 2. The van der Waals surface area contributed by atoms with Crippen LogP contribution in [0.15, 0.2) is 48.5 Å². The molecule has 3 aliphatic heterocycles. The first-order valence-corrected chi connectivity index (χ1v) is 10.9. The van der Waals surface area contributed by atoms with E-state index in [0.29, 0.717) is 24.6 Å². The van der Waals surface area contributed by atoms with Crippen LogP contribution in [0.2, 0.25) is 0 Å². The number of imide groups is 1. The second-order valence-electron chi connectivity index (χ2n) is 8.49. The number of rotatable bonds is 4. The average molecular weight is 418 g/mol. The number of amides is 3. The Balaban J connectivity index is 1.33. The van der Waals surface area contributed by atoms with Crippen LogP contribution < -0.4 is 10.6 Å². The van der Waals surface area contributed by atoms with E-state index in [-0.39, 0.29) is 24.1 Å². The molecule has 2 aromatic carbocycles. The second kappa shape index (κ2) is 8.24. The molecule has 160 valence electrons. The van der Waals surface area contributed by atoms with Gasteiger partial charge in [0.2, 0.25) is 11.8 Å². The van der Waals surface area contributed by atoms with Gasteiger partial charge in [-0.05, 0) is 29.2 Å². The maximum absolute atomic E-state index is 12.9. The molecule has 0 saturated carbocycles. The van der Waals surface area contributed by atoms with Crippen LogP contribution in [-0.4, -0.2) is 53.2 Å². The number of piperidine rings is 1. The summed E-state index contributed by atoms with van der Waals surface area (Å²) >= 11 is 0. The highest BCUT2D eigenvalue weighted by atomic mass is 16.2. The molecule has 0 bridgehead atoms. The molecule has 2 unspecified atom stereocenters. The fourth-order valence-corrected chi connectivity index (χ4v) is 4.90. The minimum atomic E-state index is -0.573. The van der Waals surface area contributed by atoms with Crippen LogP contribution in [0.3, 0.4) is 0 Å². The quantitative estimate of drug-likeness (QED) is 0.737. The van der Waals surface area contributed by atoms with E-state index in [1.807, 2.05) is 18.2 Å². The topological polar surface area (TPSA) is 81.8 Å².